The van der Waals surface area contributed by atoms with Gasteiger partial charge in [-0.05, 0) is 24.3 Å². The first kappa shape index (κ1) is 14.8. The fourth-order valence-electron chi connectivity index (χ4n) is 1.89. The first-order valence-electron chi connectivity index (χ1n) is 6.51. The molecule has 0 aromatic heterocycles. The van der Waals surface area contributed by atoms with E-state index in [1.54, 1.807) is 24.3 Å². The summed E-state index contributed by atoms with van der Waals surface area (Å²) in [6.45, 7) is 0.897. The van der Waals surface area contributed by atoms with Crippen LogP contribution >= 0.6 is 0 Å². The summed E-state index contributed by atoms with van der Waals surface area (Å²) in [5, 5.41) is 2.67. The van der Waals surface area contributed by atoms with Crippen molar-refractivity contribution in [3.8, 4) is 0 Å². The number of rotatable bonds is 5. The Morgan fingerprint density at radius 1 is 1.29 bits per heavy atom. The summed E-state index contributed by atoms with van der Waals surface area (Å²) in [5.41, 5.74) is 1.31. The van der Waals surface area contributed by atoms with E-state index in [0.29, 0.717) is 24.5 Å². The number of methoxy groups -OCH3 is 1. The zero-order valence-electron chi connectivity index (χ0n) is 11.6. The Hall–Kier alpha value is -2.57. The second-order valence-electron chi connectivity index (χ2n) is 4.44. The van der Waals surface area contributed by atoms with Gasteiger partial charge in [0.25, 0.3) is 0 Å². The maximum absolute atomic E-state index is 11.6. The quantitative estimate of drug-likeness (QED) is 0.832. The van der Waals surface area contributed by atoms with Crippen LogP contribution in [0.2, 0.25) is 0 Å². The van der Waals surface area contributed by atoms with Gasteiger partial charge in [-0.2, -0.15) is 0 Å². The lowest BCUT2D eigenvalue weighted by molar-refractivity contribution is -0.141. The molecule has 0 bridgehead atoms. The number of carbonyl (C=O) groups is 3. The molecule has 1 aromatic carbocycles. The van der Waals surface area contributed by atoms with Crippen molar-refractivity contribution >= 4 is 29.3 Å². The number of nitrogens with one attached hydrogen (secondary N) is 1. The highest BCUT2D eigenvalue weighted by molar-refractivity contribution is 5.93. The molecule has 0 aliphatic carbocycles. The van der Waals surface area contributed by atoms with Crippen LogP contribution in [0.3, 0.4) is 0 Å². The molecule has 1 saturated heterocycles. The van der Waals surface area contributed by atoms with Gasteiger partial charge in [0.1, 0.15) is 6.61 Å². The van der Waals surface area contributed by atoms with Crippen molar-refractivity contribution in [2.45, 2.75) is 12.8 Å². The third-order valence-electron chi connectivity index (χ3n) is 3.01. The zero-order chi connectivity index (χ0) is 15.2. The Labute approximate surface area is 121 Å². The number of carbonyl (C=O) groups excluding carboxylic acids is 3. The summed E-state index contributed by atoms with van der Waals surface area (Å²) in [6.07, 6.45) is -0.266. The summed E-state index contributed by atoms with van der Waals surface area (Å²) in [7, 11) is 1.28. The molecule has 2 rings (SSSR count). The van der Waals surface area contributed by atoms with E-state index < -0.39 is 5.97 Å². The van der Waals surface area contributed by atoms with Crippen molar-refractivity contribution in [3.05, 3.63) is 24.3 Å². The van der Waals surface area contributed by atoms with Gasteiger partial charge in [0.05, 0.1) is 20.1 Å². The molecule has 0 spiro atoms. The fraction of sp³-hybridized carbons (Fsp3) is 0.357. The van der Waals surface area contributed by atoms with Crippen LogP contribution in [-0.2, 0) is 19.1 Å². The molecular weight excluding hydrogens is 276 g/mol. The SMILES string of the molecule is COC(=O)CCC(=O)Nc1ccc(N2CCOC2=O)cc1. The van der Waals surface area contributed by atoms with Crippen LogP contribution in [0.5, 0.6) is 0 Å². The molecule has 0 saturated carbocycles. The second-order valence-corrected chi connectivity index (χ2v) is 4.44. The van der Waals surface area contributed by atoms with Crippen molar-refractivity contribution in [1.82, 2.24) is 0 Å². The number of esters is 1. The third-order valence-corrected chi connectivity index (χ3v) is 3.01. The van der Waals surface area contributed by atoms with Gasteiger partial charge in [0.15, 0.2) is 0 Å². The van der Waals surface area contributed by atoms with Gasteiger partial charge in [-0.25, -0.2) is 4.79 Å². The van der Waals surface area contributed by atoms with E-state index in [4.69, 9.17) is 4.74 Å². The summed E-state index contributed by atoms with van der Waals surface area (Å²) in [6, 6.07) is 6.83. The summed E-state index contributed by atoms with van der Waals surface area (Å²) >= 11 is 0. The molecule has 1 aromatic rings. The van der Waals surface area contributed by atoms with E-state index in [0.717, 1.165) is 0 Å². The minimum Gasteiger partial charge on any atom is -0.469 e. The van der Waals surface area contributed by atoms with Crippen molar-refractivity contribution in [3.63, 3.8) is 0 Å². The third kappa shape index (κ3) is 3.95. The lowest BCUT2D eigenvalue weighted by Crippen LogP contribution is -2.23. The minimum absolute atomic E-state index is 0.0417. The summed E-state index contributed by atoms with van der Waals surface area (Å²) in [4.78, 5) is 35.5. The Kier molecular flexibility index (Phi) is 4.76. The number of hydrogen-bond acceptors (Lipinski definition) is 5. The number of nitrogens with zero attached hydrogens (tertiary/aromatic N) is 1. The van der Waals surface area contributed by atoms with Crippen LogP contribution in [0.25, 0.3) is 0 Å². The normalized spacial score (nSPS) is 13.8. The summed E-state index contributed by atoms with van der Waals surface area (Å²) in [5.74, 6) is -0.693. The van der Waals surface area contributed by atoms with Crippen molar-refractivity contribution < 1.29 is 23.9 Å². The average molecular weight is 292 g/mol. The van der Waals surface area contributed by atoms with E-state index in [2.05, 4.69) is 10.1 Å². The molecule has 1 N–H and O–H groups in total. The van der Waals surface area contributed by atoms with Gasteiger partial charge in [-0.3, -0.25) is 14.5 Å². The van der Waals surface area contributed by atoms with Gasteiger partial charge in [0, 0.05) is 17.8 Å². The highest BCUT2D eigenvalue weighted by Crippen LogP contribution is 2.21. The number of anilines is 2. The number of ether oxygens (including phenoxy) is 2. The average Bonchev–Trinajstić information content (AvgIpc) is 2.91. The lowest BCUT2D eigenvalue weighted by atomic mass is 10.2. The van der Waals surface area contributed by atoms with Crippen molar-refractivity contribution in [1.29, 1.82) is 0 Å². The van der Waals surface area contributed by atoms with E-state index in [-0.39, 0.29) is 24.8 Å². The van der Waals surface area contributed by atoms with Crippen LogP contribution in [0, 0.1) is 0 Å². The molecule has 112 valence electrons. The first-order valence-corrected chi connectivity index (χ1v) is 6.51. The lowest BCUT2D eigenvalue weighted by Gasteiger charge is -2.13. The smallest absolute Gasteiger partial charge is 0.414 e. The van der Waals surface area contributed by atoms with Crippen molar-refractivity contribution in [2.24, 2.45) is 0 Å². The minimum atomic E-state index is -0.423. The molecule has 1 heterocycles. The summed E-state index contributed by atoms with van der Waals surface area (Å²) < 4.78 is 9.32. The van der Waals surface area contributed by atoms with Gasteiger partial charge in [0.2, 0.25) is 5.91 Å². The van der Waals surface area contributed by atoms with Gasteiger partial charge < -0.3 is 14.8 Å². The Morgan fingerprint density at radius 3 is 2.57 bits per heavy atom. The molecular formula is C14H16N2O5. The standard InChI is InChI=1S/C14H16N2O5/c1-20-13(18)7-6-12(17)15-10-2-4-11(5-3-10)16-8-9-21-14(16)19/h2-5H,6-9H2,1H3,(H,15,17). The van der Waals surface area contributed by atoms with Crippen LogP contribution in [-0.4, -0.2) is 38.2 Å². The zero-order valence-corrected chi connectivity index (χ0v) is 11.6. The van der Waals surface area contributed by atoms with E-state index in [1.807, 2.05) is 0 Å². The number of cyclic esters (lactones) is 1. The molecule has 1 aliphatic rings. The van der Waals surface area contributed by atoms with Crippen LogP contribution in [0.15, 0.2) is 24.3 Å². The number of amides is 2. The highest BCUT2D eigenvalue weighted by atomic mass is 16.6. The maximum atomic E-state index is 11.6. The van der Waals surface area contributed by atoms with E-state index in [1.165, 1.54) is 12.0 Å². The molecule has 0 radical (unpaired) electrons. The number of benzene rings is 1. The van der Waals surface area contributed by atoms with Gasteiger partial charge >= 0.3 is 12.1 Å². The molecule has 1 aliphatic heterocycles. The van der Waals surface area contributed by atoms with Crippen LogP contribution in [0.1, 0.15) is 12.8 Å². The monoisotopic (exact) mass is 292 g/mol. The largest absolute Gasteiger partial charge is 0.469 e. The Balaban J connectivity index is 1.89. The van der Waals surface area contributed by atoms with Crippen LogP contribution in [0.4, 0.5) is 16.2 Å². The van der Waals surface area contributed by atoms with Crippen molar-refractivity contribution in [2.75, 3.05) is 30.5 Å². The number of hydrogen-bond donors (Lipinski definition) is 1. The first-order chi connectivity index (χ1) is 10.1. The topological polar surface area (TPSA) is 84.9 Å². The second kappa shape index (κ2) is 6.74. The van der Waals surface area contributed by atoms with E-state index >= 15 is 0 Å². The molecule has 0 unspecified atom stereocenters. The predicted molar refractivity (Wildman–Crippen MR) is 75.0 cm³/mol. The van der Waals surface area contributed by atoms with Crippen LogP contribution < -0.4 is 10.2 Å². The molecule has 7 nitrogen and oxygen atoms in total. The maximum Gasteiger partial charge on any atom is 0.414 e. The van der Waals surface area contributed by atoms with E-state index in [9.17, 15) is 14.4 Å². The molecule has 1 fully saturated rings. The molecule has 2 amide bonds. The van der Waals surface area contributed by atoms with Gasteiger partial charge in [-0.15, -0.1) is 0 Å². The molecule has 21 heavy (non-hydrogen) atoms. The fourth-order valence-corrected chi connectivity index (χ4v) is 1.89. The molecule has 0 atom stereocenters. The Morgan fingerprint density at radius 2 is 2.00 bits per heavy atom. The Bertz CT molecular complexity index is 541. The predicted octanol–water partition coefficient (Wildman–Crippen LogP) is 1.53. The van der Waals surface area contributed by atoms with Gasteiger partial charge in [-0.1, -0.05) is 0 Å². The molecule has 7 heteroatoms. The highest BCUT2D eigenvalue weighted by Gasteiger charge is 2.23.